The maximum Gasteiger partial charge on any atom is 0.243 e. The molecule has 0 saturated heterocycles. The number of nitrogens with zero attached hydrogens (tertiary/aromatic N) is 2. The maximum atomic E-state index is 13.7. The Kier molecular flexibility index (Phi) is 8.82. The molecular formula is C28H30FN3O6S. The van der Waals surface area contributed by atoms with Crippen LogP contribution in [-0.2, 0) is 39.1 Å². The van der Waals surface area contributed by atoms with Gasteiger partial charge in [0.25, 0.3) is 0 Å². The van der Waals surface area contributed by atoms with E-state index in [1.165, 1.54) is 36.2 Å². The first-order valence-electron chi connectivity index (χ1n) is 12.3. The van der Waals surface area contributed by atoms with E-state index in [9.17, 15) is 22.4 Å². The van der Waals surface area contributed by atoms with Gasteiger partial charge < -0.3 is 19.7 Å². The second kappa shape index (κ2) is 12.3. The summed E-state index contributed by atoms with van der Waals surface area (Å²) in [5, 5.41) is 2.90. The number of ether oxygens (including phenoxy) is 2. The number of likely N-dealkylation sites (N-methyl/N-ethyl adjacent to an activating group) is 1. The molecule has 11 heteroatoms. The molecular weight excluding hydrogens is 525 g/mol. The summed E-state index contributed by atoms with van der Waals surface area (Å²) in [5.41, 5.74) is 2.18. The average Bonchev–Trinajstić information content (AvgIpc) is 3.38. The molecule has 1 heterocycles. The van der Waals surface area contributed by atoms with Crippen LogP contribution < -0.4 is 14.8 Å². The number of hydrogen-bond donors (Lipinski definition) is 1. The molecule has 206 valence electrons. The van der Waals surface area contributed by atoms with Gasteiger partial charge in [-0.1, -0.05) is 48.5 Å². The van der Waals surface area contributed by atoms with Gasteiger partial charge in [0.15, 0.2) is 11.5 Å². The molecule has 2 amide bonds. The van der Waals surface area contributed by atoms with Crippen molar-refractivity contribution in [2.45, 2.75) is 25.6 Å². The zero-order valence-corrected chi connectivity index (χ0v) is 22.5. The van der Waals surface area contributed by atoms with E-state index < -0.39 is 40.2 Å². The molecule has 4 rings (SSSR count). The lowest BCUT2D eigenvalue weighted by molar-refractivity contribution is -0.141. The van der Waals surface area contributed by atoms with Crippen LogP contribution in [0.1, 0.15) is 16.7 Å². The van der Waals surface area contributed by atoms with Gasteiger partial charge in [-0.25, -0.2) is 12.8 Å². The van der Waals surface area contributed by atoms with Gasteiger partial charge >= 0.3 is 0 Å². The number of sulfonamides is 1. The predicted molar refractivity (Wildman–Crippen MR) is 143 cm³/mol. The fraction of sp³-hybridized carbons (Fsp3) is 0.286. The van der Waals surface area contributed by atoms with Crippen LogP contribution in [0.25, 0.3) is 0 Å². The van der Waals surface area contributed by atoms with E-state index in [1.54, 1.807) is 12.1 Å². The molecule has 0 saturated carbocycles. The highest BCUT2D eigenvalue weighted by Crippen LogP contribution is 2.32. The quantitative estimate of drug-likeness (QED) is 0.390. The van der Waals surface area contributed by atoms with Crippen molar-refractivity contribution in [2.24, 2.45) is 0 Å². The van der Waals surface area contributed by atoms with Crippen molar-refractivity contribution in [3.8, 4) is 11.5 Å². The van der Waals surface area contributed by atoms with E-state index >= 15 is 0 Å². The molecule has 0 spiro atoms. The minimum Gasteiger partial charge on any atom is -0.454 e. The summed E-state index contributed by atoms with van der Waals surface area (Å²) in [6.07, 6.45) is 1.19. The third-order valence-electron chi connectivity index (χ3n) is 6.37. The molecule has 0 radical (unpaired) electrons. The summed E-state index contributed by atoms with van der Waals surface area (Å²) in [4.78, 5) is 28.6. The van der Waals surface area contributed by atoms with E-state index in [-0.39, 0.29) is 26.3 Å². The number of rotatable bonds is 11. The van der Waals surface area contributed by atoms with Gasteiger partial charge in [-0.2, -0.15) is 4.31 Å². The average molecular weight is 556 g/mol. The lowest BCUT2D eigenvalue weighted by Gasteiger charge is -2.32. The van der Waals surface area contributed by atoms with Crippen LogP contribution in [0, 0.1) is 5.82 Å². The van der Waals surface area contributed by atoms with E-state index in [0.29, 0.717) is 17.1 Å². The van der Waals surface area contributed by atoms with Crippen LogP contribution in [0.4, 0.5) is 4.39 Å². The lowest BCUT2D eigenvalue weighted by Crippen LogP contribution is -2.52. The Morgan fingerprint density at radius 1 is 0.949 bits per heavy atom. The minimum atomic E-state index is -3.65. The molecule has 0 aromatic heterocycles. The van der Waals surface area contributed by atoms with Crippen LogP contribution in [0.3, 0.4) is 0 Å². The number of nitrogens with one attached hydrogen (secondary N) is 1. The molecule has 0 bridgehead atoms. The monoisotopic (exact) mass is 555 g/mol. The molecule has 1 unspecified atom stereocenters. The van der Waals surface area contributed by atoms with E-state index in [4.69, 9.17) is 9.47 Å². The molecule has 1 aliphatic heterocycles. The molecule has 0 fully saturated rings. The number of hydrogen-bond acceptors (Lipinski definition) is 6. The highest BCUT2D eigenvalue weighted by atomic mass is 32.2. The Hall–Kier alpha value is -3.96. The van der Waals surface area contributed by atoms with Gasteiger partial charge in [0.1, 0.15) is 11.9 Å². The molecule has 3 aromatic carbocycles. The Labute approximate surface area is 227 Å². The second-order valence-electron chi connectivity index (χ2n) is 9.28. The molecule has 1 atom stereocenters. The van der Waals surface area contributed by atoms with Gasteiger partial charge in [-0.3, -0.25) is 9.59 Å². The smallest absolute Gasteiger partial charge is 0.243 e. The summed E-state index contributed by atoms with van der Waals surface area (Å²) in [7, 11) is -2.35. The summed E-state index contributed by atoms with van der Waals surface area (Å²) in [6, 6.07) is 19.2. The van der Waals surface area contributed by atoms with E-state index in [0.717, 1.165) is 21.7 Å². The number of carbonyl (C=O) groups is 2. The van der Waals surface area contributed by atoms with Crippen molar-refractivity contribution in [2.75, 3.05) is 26.6 Å². The number of amides is 2. The van der Waals surface area contributed by atoms with E-state index in [1.807, 2.05) is 36.4 Å². The maximum absolute atomic E-state index is 13.7. The van der Waals surface area contributed by atoms with Crippen LogP contribution in [0.15, 0.2) is 72.8 Å². The number of benzene rings is 3. The summed E-state index contributed by atoms with van der Waals surface area (Å²) in [5.74, 6) is -0.214. The lowest BCUT2D eigenvalue weighted by atomic mass is 10.0. The van der Waals surface area contributed by atoms with Crippen LogP contribution in [-0.4, -0.2) is 62.1 Å². The van der Waals surface area contributed by atoms with E-state index in [2.05, 4.69) is 5.32 Å². The van der Waals surface area contributed by atoms with Gasteiger partial charge in [0.2, 0.25) is 28.6 Å². The first-order valence-corrected chi connectivity index (χ1v) is 14.1. The van der Waals surface area contributed by atoms with Crippen LogP contribution in [0.2, 0.25) is 0 Å². The van der Waals surface area contributed by atoms with Gasteiger partial charge in [-0.05, 0) is 41.0 Å². The Balaban J connectivity index is 1.62. The molecule has 9 nitrogen and oxygen atoms in total. The normalized spacial score (nSPS) is 13.2. The number of fused-ring (bicyclic) bond motifs is 1. The summed E-state index contributed by atoms with van der Waals surface area (Å²) < 4.78 is 49.3. The van der Waals surface area contributed by atoms with Crippen LogP contribution >= 0.6 is 0 Å². The van der Waals surface area contributed by atoms with Crippen molar-refractivity contribution in [3.63, 3.8) is 0 Å². The first-order chi connectivity index (χ1) is 18.6. The molecule has 3 aromatic rings. The fourth-order valence-corrected chi connectivity index (χ4v) is 4.44. The summed E-state index contributed by atoms with van der Waals surface area (Å²) in [6.45, 7) is -0.179. The summed E-state index contributed by atoms with van der Waals surface area (Å²) >= 11 is 0. The Bertz CT molecular complexity index is 1420. The molecule has 1 N–H and O–H groups in total. The van der Waals surface area contributed by atoms with Crippen molar-refractivity contribution in [1.29, 1.82) is 0 Å². The zero-order valence-electron chi connectivity index (χ0n) is 21.7. The topological polar surface area (TPSA) is 105 Å². The van der Waals surface area contributed by atoms with Gasteiger partial charge in [0, 0.05) is 26.6 Å². The van der Waals surface area contributed by atoms with Gasteiger partial charge in [-0.15, -0.1) is 0 Å². The van der Waals surface area contributed by atoms with Gasteiger partial charge in [0.05, 0.1) is 12.8 Å². The zero-order chi connectivity index (χ0) is 28.0. The minimum absolute atomic E-state index is 0.0222. The van der Waals surface area contributed by atoms with Crippen LogP contribution in [0.5, 0.6) is 11.5 Å². The fourth-order valence-electron chi connectivity index (χ4n) is 4.10. The van der Waals surface area contributed by atoms with Crippen molar-refractivity contribution in [1.82, 2.24) is 14.5 Å². The van der Waals surface area contributed by atoms with Crippen molar-refractivity contribution in [3.05, 3.63) is 95.3 Å². The highest BCUT2D eigenvalue weighted by Gasteiger charge is 2.32. The number of halogens is 1. The third-order valence-corrected chi connectivity index (χ3v) is 7.63. The SMILES string of the molecule is CN(CC(=O)N(Cc1ccc(F)cc1)C(Cc1ccccc1)C(=O)NCc1ccc2c(c1)OCO2)S(C)(=O)=O. The molecule has 39 heavy (non-hydrogen) atoms. The number of carbonyl (C=O) groups excluding carboxylic acids is 2. The van der Waals surface area contributed by atoms with Crippen molar-refractivity contribution >= 4 is 21.8 Å². The third kappa shape index (κ3) is 7.55. The first kappa shape index (κ1) is 28.1. The Morgan fingerprint density at radius 3 is 2.31 bits per heavy atom. The predicted octanol–water partition coefficient (Wildman–Crippen LogP) is 2.70. The Morgan fingerprint density at radius 2 is 1.62 bits per heavy atom. The second-order valence-corrected chi connectivity index (χ2v) is 11.4. The largest absolute Gasteiger partial charge is 0.454 e. The standard InChI is InChI=1S/C28H30FN3O6S/c1-31(39(2,35)36)18-27(33)32(17-21-8-11-23(29)12-9-21)24(14-20-6-4-3-5-7-20)28(34)30-16-22-10-13-25-26(15-22)38-19-37-25/h3-13,15,24H,14,16-19H2,1-2H3,(H,30,34). The van der Waals surface area contributed by atoms with Crippen molar-refractivity contribution < 1.29 is 31.9 Å². The molecule has 0 aliphatic carbocycles. The highest BCUT2D eigenvalue weighted by molar-refractivity contribution is 7.88. The molecule has 1 aliphatic rings.